The molecule has 0 amide bonds. The SMILES string of the molecule is O=S([O-])c1ccc(OC(c2ccccc2)c2ccc(O)cc2)cc1. The van der Waals surface area contributed by atoms with Crippen molar-refractivity contribution in [2.75, 3.05) is 0 Å². The highest BCUT2D eigenvalue weighted by Crippen LogP contribution is 2.29. The highest BCUT2D eigenvalue weighted by atomic mass is 32.2. The standard InChI is InChI=1S/C19H16O4S/c20-16-8-6-15(7-9-16)19(14-4-2-1-3-5-14)23-17-10-12-18(13-11-17)24(21)22/h1-13,19-20H,(H,21,22)/p-1. The number of hydrogen-bond donors (Lipinski definition) is 1. The minimum absolute atomic E-state index is 0.188. The molecule has 0 aliphatic heterocycles. The number of ether oxygens (including phenoxy) is 1. The third-order valence-electron chi connectivity index (χ3n) is 3.57. The van der Waals surface area contributed by atoms with E-state index in [0.717, 1.165) is 11.1 Å². The van der Waals surface area contributed by atoms with Crippen LogP contribution in [0.5, 0.6) is 11.5 Å². The van der Waals surface area contributed by atoms with Crippen LogP contribution in [0.4, 0.5) is 0 Å². The summed E-state index contributed by atoms with van der Waals surface area (Å²) in [6, 6.07) is 22.8. The number of rotatable bonds is 5. The van der Waals surface area contributed by atoms with Gasteiger partial charge in [-0.2, -0.15) is 0 Å². The largest absolute Gasteiger partial charge is 0.768 e. The first kappa shape index (κ1) is 16.2. The number of aromatic hydroxyl groups is 1. The average Bonchev–Trinajstić information content (AvgIpc) is 2.62. The van der Waals surface area contributed by atoms with E-state index in [2.05, 4.69) is 0 Å². The molecule has 122 valence electrons. The van der Waals surface area contributed by atoms with Gasteiger partial charge in [-0.05, 0) is 58.6 Å². The van der Waals surface area contributed by atoms with Gasteiger partial charge in [0.1, 0.15) is 17.6 Å². The fourth-order valence-electron chi connectivity index (χ4n) is 2.37. The smallest absolute Gasteiger partial charge is 0.149 e. The van der Waals surface area contributed by atoms with Crippen molar-refractivity contribution in [3.63, 3.8) is 0 Å². The number of hydrogen-bond acceptors (Lipinski definition) is 4. The Hall–Kier alpha value is -2.63. The van der Waals surface area contributed by atoms with Crippen molar-refractivity contribution in [3.05, 3.63) is 90.0 Å². The van der Waals surface area contributed by atoms with Crippen LogP contribution >= 0.6 is 0 Å². The van der Waals surface area contributed by atoms with E-state index in [1.807, 2.05) is 30.3 Å². The maximum atomic E-state index is 10.9. The van der Waals surface area contributed by atoms with E-state index in [1.165, 1.54) is 12.1 Å². The third kappa shape index (κ3) is 3.82. The average molecular weight is 339 g/mol. The molecule has 0 aliphatic carbocycles. The number of phenols is 1. The summed E-state index contributed by atoms with van der Waals surface area (Å²) in [6.07, 6.45) is -0.365. The molecular formula is C19H15O4S-. The molecule has 0 radical (unpaired) electrons. The Labute approximate surface area is 142 Å². The molecule has 5 heteroatoms. The van der Waals surface area contributed by atoms with E-state index in [0.29, 0.717) is 5.75 Å². The van der Waals surface area contributed by atoms with Gasteiger partial charge in [0.15, 0.2) is 0 Å². The summed E-state index contributed by atoms with van der Waals surface area (Å²) in [5, 5.41) is 9.48. The van der Waals surface area contributed by atoms with E-state index in [4.69, 9.17) is 4.74 Å². The summed E-state index contributed by atoms with van der Waals surface area (Å²) < 4.78 is 28.0. The van der Waals surface area contributed by atoms with E-state index < -0.39 is 11.1 Å². The Kier molecular flexibility index (Phi) is 4.93. The van der Waals surface area contributed by atoms with Crippen molar-refractivity contribution in [3.8, 4) is 11.5 Å². The summed E-state index contributed by atoms with van der Waals surface area (Å²) in [4.78, 5) is 0.211. The monoisotopic (exact) mass is 339 g/mol. The summed E-state index contributed by atoms with van der Waals surface area (Å²) >= 11 is -2.26. The molecule has 0 saturated carbocycles. The molecule has 0 spiro atoms. The fraction of sp³-hybridized carbons (Fsp3) is 0.0526. The van der Waals surface area contributed by atoms with E-state index >= 15 is 0 Å². The van der Waals surface area contributed by atoms with E-state index in [9.17, 15) is 13.9 Å². The number of benzene rings is 3. The summed E-state index contributed by atoms with van der Waals surface area (Å²) in [5.74, 6) is 0.749. The second kappa shape index (κ2) is 7.29. The first-order valence-corrected chi connectivity index (χ1v) is 8.41. The van der Waals surface area contributed by atoms with Gasteiger partial charge in [-0.1, -0.05) is 42.5 Å². The van der Waals surface area contributed by atoms with Crippen LogP contribution in [-0.2, 0) is 11.1 Å². The highest BCUT2D eigenvalue weighted by Gasteiger charge is 2.16. The van der Waals surface area contributed by atoms with Crippen LogP contribution in [0.2, 0.25) is 0 Å². The second-order valence-corrected chi connectivity index (χ2v) is 6.15. The third-order valence-corrected chi connectivity index (χ3v) is 4.23. The molecule has 0 fully saturated rings. The Morgan fingerprint density at radius 1 is 0.833 bits per heavy atom. The molecule has 0 heterocycles. The van der Waals surface area contributed by atoms with Crippen LogP contribution in [0.3, 0.4) is 0 Å². The Bertz CT molecular complexity index is 814. The van der Waals surface area contributed by atoms with Gasteiger partial charge in [-0.3, -0.25) is 4.21 Å². The molecule has 0 aliphatic rings. The molecule has 24 heavy (non-hydrogen) atoms. The van der Waals surface area contributed by atoms with Gasteiger partial charge >= 0.3 is 0 Å². The molecule has 3 rings (SSSR count). The zero-order valence-electron chi connectivity index (χ0n) is 12.7. The zero-order chi connectivity index (χ0) is 16.9. The summed E-state index contributed by atoms with van der Waals surface area (Å²) in [7, 11) is 0. The van der Waals surface area contributed by atoms with Crippen molar-refractivity contribution >= 4 is 11.1 Å². The van der Waals surface area contributed by atoms with Gasteiger partial charge in [0.05, 0.1) is 0 Å². The fourth-order valence-corrected chi connectivity index (χ4v) is 2.73. The Morgan fingerprint density at radius 3 is 2.00 bits per heavy atom. The molecule has 2 atom stereocenters. The predicted molar refractivity (Wildman–Crippen MR) is 90.6 cm³/mol. The molecule has 3 aromatic rings. The van der Waals surface area contributed by atoms with Gasteiger partial charge in [0.2, 0.25) is 0 Å². The topological polar surface area (TPSA) is 69.6 Å². The lowest BCUT2D eigenvalue weighted by Gasteiger charge is -2.20. The lowest BCUT2D eigenvalue weighted by molar-refractivity contribution is 0.247. The minimum atomic E-state index is -2.26. The lowest BCUT2D eigenvalue weighted by atomic mass is 10.0. The second-order valence-electron chi connectivity index (χ2n) is 5.21. The number of phenolic OH excluding ortho intramolecular Hbond substituents is 1. The van der Waals surface area contributed by atoms with Crippen molar-refractivity contribution < 1.29 is 18.6 Å². The van der Waals surface area contributed by atoms with Gasteiger partial charge < -0.3 is 14.4 Å². The molecule has 4 nitrogen and oxygen atoms in total. The van der Waals surface area contributed by atoms with Crippen molar-refractivity contribution in [1.82, 2.24) is 0 Å². The maximum Gasteiger partial charge on any atom is 0.149 e. The molecule has 3 aromatic carbocycles. The molecule has 0 saturated heterocycles. The zero-order valence-corrected chi connectivity index (χ0v) is 13.5. The van der Waals surface area contributed by atoms with Gasteiger partial charge in [-0.15, -0.1) is 0 Å². The quantitative estimate of drug-likeness (QED) is 0.718. The van der Waals surface area contributed by atoms with Crippen molar-refractivity contribution in [1.29, 1.82) is 0 Å². The van der Waals surface area contributed by atoms with Crippen LogP contribution in [-0.4, -0.2) is 13.9 Å². The lowest BCUT2D eigenvalue weighted by Crippen LogP contribution is -2.09. The van der Waals surface area contributed by atoms with Gasteiger partial charge in [0.25, 0.3) is 0 Å². The van der Waals surface area contributed by atoms with E-state index in [1.54, 1.807) is 36.4 Å². The normalized spacial score (nSPS) is 13.2. The van der Waals surface area contributed by atoms with Crippen molar-refractivity contribution in [2.24, 2.45) is 0 Å². The molecule has 0 aromatic heterocycles. The molecular weight excluding hydrogens is 324 g/mol. The predicted octanol–water partition coefficient (Wildman–Crippen LogP) is 3.80. The Morgan fingerprint density at radius 2 is 1.42 bits per heavy atom. The van der Waals surface area contributed by atoms with Crippen LogP contribution in [0, 0.1) is 0 Å². The highest BCUT2D eigenvalue weighted by molar-refractivity contribution is 7.79. The van der Waals surface area contributed by atoms with Crippen LogP contribution in [0.25, 0.3) is 0 Å². The minimum Gasteiger partial charge on any atom is -0.768 e. The Balaban J connectivity index is 1.93. The maximum absolute atomic E-state index is 10.9. The first-order chi connectivity index (χ1) is 11.6. The van der Waals surface area contributed by atoms with Gasteiger partial charge in [0, 0.05) is 4.90 Å². The molecule has 1 N–H and O–H groups in total. The summed E-state index contributed by atoms with van der Waals surface area (Å²) in [5.41, 5.74) is 1.84. The van der Waals surface area contributed by atoms with Crippen molar-refractivity contribution in [2.45, 2.75) is 11.0 Å². The van der Waals surface area contributed by atoms with Crippen LogP contribution in [0.1, 0.15) is 17.2 Å². The van der Waals surface area contributed by atoms with Crippen LogP contribution < -0.4 is 4.74 Å². The van der Waals surface area contributed by atoms with E-state index in [-0.39, 0.29) is 16.7 Å². The summed E-state index contributed by atoms with van der Waals surface area (Å²) in [6.45, 7) is 0. The van der Waals surface area contributed by atoms with Crippen LogP contribution in [0.15, 0.2) is 83.8 Å². The molecule has 0 bridgehead atoms. The molecule has 2 unspecified atom stereocenters. The first-order valence-electron chi connectivity index (χ1n) is 7.33. The van der Waals surface area contributed by atoms with Gasteiger partial charge in [-0.25, -0.2) is 0 Å².